The van der Waals surface area contributed by atoms with E-state index in [9.17, 15) is 4.79 Å². The van der Waals surface area contributed by atoms with Crippen LogP contribution in [-0.2, 0) is 0 Å². The van der Waals surface area contributed by atoms with E-state index in [1.165, 1.54) is 12.8 Å². The molecule has 1 aromatic carbocycles. The lowest BCUT2D eigenvalue weighted by Gasteiger charge is -2.32. The van der Waals surface area contributed by atoms with Crippen molar-refractivity contribution in [3.8, 4) is 0 Å². The molecule has 0 unspecified atom stereocenters. The van der Waals surface area contributed by atoms with Crippen LogP contribution >= 0.6 is 28.3 Å². The number of fused-ring (bicyclic) bond motifs is 1. The van der Waals surface area contributed by atoms with E-state index in [1.54, 1.807) is 0 Å². The summed E-state index contributed by atoms with van der Waals surface area (Å²) in [6.07, 6.45) is 4.82. The number of carbonyl (C=O) groups is 1. The predicted molar refractivity (Wildman–Crippen MR) is 106 cm³/mol. The van der Waals surface area contributed by atoms with Crippen LogP contribution in [0.4, 0.5) is 0 Å². The summed E-state index contributed by atoms with van der Waals surface area (Å²) in [4.78, 5) is 14.8. The molecule has 2 heterocycles. The minimum absolute atomic E-state index is 0. The van der Waals surface area contributed by atoms with Gasteiger partial charge < -0.3 is 14.6 Å². The molecular weight excluding hydrogens is 404 g/mol. The molecule has 1 amide bonds. The molecule has 2 aromatic rings. The lowest BCUT2D eigenvalue weighted by Crippen LogP contribution is -2.45. The molecule has 1 aromatic heterocycles. The van der Waals surface area contributed by atoms with Crippen LogP contribution in [0.3, 0.4) is 0 Å². The second kappa shape index (κ2) is 7.68. The van der Waals surface area contributed by atoms with Gasteiger partial charge in [-0.05, 0) is 63.3 Å². The zero-order chi connectivity index (χ0) is 16.7. The SMILES string of the molecule is Cc1c(C(=O)N2CCC(NCC3CC3)CC2)oc2ccc(Br)cc12.Cl. The summed E-state index contributed by atoms with van der Waals surface area (Å²) in [5.74, 6) is 1.43. The van der Waals surface area contributed by atoms with E-state index >= 15 is 0 Å². The zero-order valence-electron chi connectivity index (χ0n) is 14.4. The molecule has 1 saturated carbocycles. The molecule has 4 rings (SSSR count). The maximum absolute atomic E-state index is 12.9. The van der Waals surface area contributed by atoms with Gasteiger partial charge in [-0.1, -0.05) is 15.9 Å². The van der Waals surface area contributed by atoms with Crippen LogP contribution in [0.5, 0.6) is 0 Å². The van der Waals surface area contributed by atoms with E-state index in [0.29, 0.717) is 11.8 Å². The van der Waals surface area contributed by atoms with E-state index in [4.69, 9.17) is 4.42 Å². The number of aryl methyl sites for hydroxylation is 1. The van der Waals surface area contributed by atoms with Crippen LogP contribution in [0, 0.1) is 12.8 Å². The molecule has 1 aliphatic heterocycles. The van der Waals surface area contributed by atoms with Gasteiger partial charge in [-0.2, -0.15) is 0 Å². The van der Waals surface area contributed by atoms with E-state index in [1.807, 2.05) is 30.0 Å². The molecule has 25 heavy (non-hydrogen) atoms. The van der Waals surface area contributed by atoms with E-state index in [2.05, 4.69) is 21.2 Å². The number of nitrogens with zero attached hydrogens (tertiary/aromatic N) is 1. The summed E-state index contributed by atoms with van der Waals surface area (Å²) in [5.41, 5.74) is 1.71. The Kier molecular flexibility index (Phi) is 5.76. The van der Waals surface area contributed by atoms with Crippen molar-refractivity contribution < 1.29 is 9.21 Å². The Labute approximate surface area is 162 Å². The number of furan rings is 1. The standard InChI is InChI=1S/C19H23BrN2O2.ClH/c1-12-16-10-14(20)4-5-17(16)24-18(12)19(23)22-8-6-15(7-9-22)21-11-13-2-3-13;/h4-5,10,13,15,21H,2-3,6-9,11H2,1H3;1H. The van der Waals surface area contributed by atoms with E-state index < -0.39 is 0 Å². The Hall–Kier alpha value is -1.04. The molecule has 0 radical (unpaired) electrons. The molecule has 136 valence electrons. The van der Waals surface area contributed by atoms with E-state index in [-0.39, 0.29) is 18.3 Å². The van der Waals surface area contributed by atoms with Crippen LogP contribution in [0.25, 0.3) is 11.0 Å². The molecule has 0 spiro atoms. The number of hydrogen-bond acceptors (Lipinski definition) is 3. The average molecular weight is 428 g/mol. The molecule has 1 saturated heterocycles. The first-order valence-corrected chi connectivity index (χ1v) is 9.62. The Bertz CT molecular complexity index is 764. The third kappa shape index (κ3) is 4.04. The smallest absolute Gasteiger partial charge is 0.289 e. The number of likely N-dealkylation sites (tertiary alicyclic amines) is 1. The lowest BCUT2D eigenvalue weighted by molar-refractivity contribution is 0.0674. The molecule has 6 heteroatoms. The highest BCUT2D eigenvalue weighted by Crippen LogP contribution is 2.30. The lowest BCUT2D eigenvalue weighted by atomic mass is 10.0. The van der Waals surface area contributed by atoms with Crippen molar-refractivity contribution >= 4 is 45.2 Å². The van der Waals surface area contributed by atoms with Gasteiger partial charge in [0.05, 0.1) is 0 Å². The highest BCUT2D eigenvalue weighted by Gasteiger charge is 2.28. The first-order chi connectivity index (χ1) is 11.6. The second-order valence-corrected chi connectivity index (χ2v) is 8.03. The number of rotatable bonds is 4. The third-order valence-corrected chi connectivity index (χ3v) is 5.76. The number of benzene rings is 1. The number of amides is 1. The topological polar surface area (TPSA) is 45.5 Å². The Morgan fingerprint density at radius 3 is 2.68 bits per heavy atom. The molecular formula is C19H24BrClN2O2. The number of carbonyl (C=O) groups excluding carboxylic acids is 1. The summed E-state index contributed by atoms with van der Waals surface area (Å²) in [6, 6.07) is 6.43. The number of piperidine rings is 1. The minimum atomic E-state index is 0. The van der Waals surface area contributed by atoms with Gasteiger partial charge in [-0.3, -0.25) is 4.79 Å². The summed E-state index contributed by atoms with van der Waals surface area (Å²) >= 11 is 3.48. The van der Waals surface area contributed by atoms with Gasteiger partial charge >= 0.3 is 0 Å². The fourth-order valence-electron chi connectivity index (χ4n) is 3.48. The van der Waals surface area contributed by atoms with Gasteiger partial charge in [0.1, 0.15) is 5.58 Å². The van der Waals surface area contributed by atoms with Crippen molar-refractivity contribution in [2.24, 2.45) is 5.92 Å². The molecule has 0 atom stereocenters. The summed E-state index contributed by atoms with van der Waals surface area (Å²) in [6.45, 7) is 4.73. The Morgan fingerprint density at radius 1 is 1.28 bits per heavy atom. The van der Waals surface area contributed by atoms with Gasteiger partial charge in [0, 0.05) is 34.6 Å². The van der Waals surface area contributed by atoms with E-state index in [0.717, 1.165) is 59.4 Å². The quantitative estimate of drug-likeness (QED) is 0.780. The van der Waals surface area contributed by atoms with Crippen molar-refractivity contribution in [3.05, 3.63) is 34.0 Å². The summed E-state index contributed by atoms with van der Waals surface area (Å²) in [7, 11) is 0. The Morgan fingerprint density at radius 2 is 2.00 bits per heavy atom. The van der Waals surface area contributed by atoms with Crippen LogP contribution in [0.15, 0.2) is 27.1 Å². The second-order valence-electron chi connectivity index (χ2n) is 7.11. The number of hydrogen-bond donors (Lipinski definition) is 1. The largest absolute Gasteiger partial charge is 0.451 e. The monoisotopic (exact) mass is 426 g/mol. The molecule has 2 aliphatic rings. The normalized spacial score (nSPS) is 18.4. The third-order valence-electron chi connectivity index (χ3n) is 5.27. The van der Waals surface area contributed by atoms with Crippen molar-refractivity contribution in [2.75, 3.05) is 19.6 Å². The maximum atomic E-state index is 12.9. The predicted octanol–water partition coefficient (Wildman–Crippen LogP) is 4.53. The van der Waals surface area contributed by atoms with Gasteiger partial charge in [-0.25, -0.2) is 0 Å². The minimum Gasteiger partial charge on any atom is -0.451 e. The molecule has 1 N–H and O–H groups in total. The zero-order valence-corrected chi connectivity index (χ0v) is 16.8. The fraction of sp³-hybridized carbons (Fsp3) is 0.526. The summed E-state index contributed by atoms with van der Waals surface area (Å²) in [5, 5.41) is 4.66. The summed E-state index contributed by atoms with van der Waals surface area (Å²) < 4.78 is 6.86. The van der Waals surface area contributed by atoms with Gasteiger partial charge in [0.25, 0.3) is 5.91 Å². The Balaban J connectivity index is 0.00000182. The van der Waals surface area contributed by atoms with Gasteiger partial charge in [0.15, 0.2) is 5.76 Å². The van der Waals surface area contributed by atoms with Crippen molar-refractivity contribution in [2.45, 2.75) is 38.6 Å². The highest BCUT2D eigenvalue weighted by atomic mass is 79.9. The van der Waals surface area contributed by atoms with Gasteiger partial charge in [0.2, 0.25) is 0 Å². The van der Waals surface area contributed by atoms with Gasteiger partial charge in [-0.15, -0.1) is 12.4 Å². The number of nitrogens with one attached hydrogen (secondary N) is 1. The number of halogens is 2. The highest BCUT2D eigenvalue weighted by molar-refractivity contribution is 9.10. The van der Waals surface area contributed by atoms with Crippen molar-refractivity contribution in [3.63, 3.8) is 0 Å². The van der Waals surface area contributed by atoms with Crippen LogP contribution in [-0.4, -0.2) is 36.5 Å². The van der Waals surface area contributed by atoms with Crippen LogP contribution in [0.1, 0.15) is 41.8 Å². The van der Waals surface area contributed by atoms with Crippen LogP contribution < -0.4 is 5.32 Å². The van der Waals surface area contributed by atoms with Crippen molar-refractivity contribution in [1.29, 1.82) is 0 Å². The molecule has 0 bridgehead atoms. The molecule has 2 fully saturated rings. The fourth-order valence-corrected chi connectivity index (χ4v) is 3.84. The first kappa shape index (κ1) is 18.7. The van der Waals surface area contributed by atoms with Crippen LogP contribution in [0.2, 0.25) is 0 Å². The maximum Gasteiger partial charge on any atom is 0.289 e. The average Bonchev–Trinajstić information content (AvgIpc) is 3.37. The molecule has 4 nitrogen and oxygen atoms in total. The molecule has 1 aliphatic carbocycles. The van der Waals surface area contributed by atoms with Crippen molar-refractivity contribution in [1.82, 2.24) is 10.2 Å². The first-order valence-electron chi connectivity index (χ1n) is 8.83.